The summed E-state index contributed by atoms with van der Waals surface area (Å²) >= 11 is 0. The van der Waals surface area contributed by atoms with Gasteiger partial charge in [0.05, 0.1) is 5.70 Å². The van der Waals surface area contributed by atoms with Gasteiger partial charge in [-0.1, -0.05) is 20.4 Å². The van der Waals surface area contributed by atoms with E-state index in [1.54, 1.807) is 6.20 Å². The predicted octanol–water partition coefficient (Wildman–Crippen LogP) is 2.00. The molecule has 0 radical (unpaired) electrons. The molecule has 0 aromatic heterocycles. The highest BCUT2D eigenvalue weighted by molar-refractivity contribution is 6.00. The average molecular weight is 181 g/mol. The zero-order valence-electron chi connectivity index (χ0n) is 8.94. The van der Waals surface area contributed by atoms with E-state index in [9.17, 15) is 0 Å². The molecule has 0 atom stereocenters. The molecule has 0 spiro atoms. The van der Waals surface area contributed by atoms with Crippen molar-refractivity contribution < 1.29 is 0 Å². The third kappa shape index (κ3) is 3.32. The van der Waals surface area contributed by atoms with Crippen molar-refractivity contribution >= 4 is 5.84 Å². The van der Waals surface area contributed by atoms with E-state index >= 15 is 0 Å². The Kier molecular flexibility index (Phi) is 5.68. The molecule has 0 aliphatic carbocycles. The van der Waals surface area contributed by atoms with E-state index < -0.39 is 0 Å². The molecule has 3 nitrogen and oxygen atoms in total. The quantitative estimate of drug-likeness (QED) is 0.649. The molecule has 2 N–H and O–H groups in total. The third-order valence-corrected chi connectivity index (χ3v) is 1.47. The molecular formula is C10H19N3. The first-order valence-corrected chi connectivity index (χ1v) is 4.59. The zero-order chi connectivity index (χ0) is 10.3. The van der Waals surface area contributed by atoms with E-state index in [4.69, 9.17) is 0 Å². The lowest BCUT2D eigenvalue weighted by molar-refractivity contribution is 0.897. The second-order valence-corrected chi connectivity index (χ2v) is 2.57. The lowest BCUT2D eigenvalue weighted by atomic mass is 10.2. The maximum Gasteiger partial charge on any atom is 0.150 e. The Morgan fingerprint density at radius 1 is 1.54 bits per heavy atom. The van der Waals surface area contributed by atoms with Gasteiger partial charge in [-0.3, -0.25) is 0 Å². The Balaban J connectivity index is 0.000000671. The van der Waals surface area contributed by atoms with Crippen LogP contribution in [0.5, 0.6) is 0 Å². The second-order valence-electron chi connectivity index (χ2n) is 2.57. The van der Waals surface area contributed by atoms with Crippen molar-refractivity contribution in [1.82, 2.24) is 10.6 Å². The fourth-order valence-corrected chi connectivity index (χ4v) is 0.988. The van der Waals surface area contributed by atoms with Gasteiger partial charge in [-0.05, 0) is 25.6 Å². The Bertz CT molecular complexity index is 222. The number of aliphatic imine (C=N–C) groups is 1. The standard InChI is InChI=1S/C8H13N3.C2H6/c1-4-9-8-7(6(2)3)10-5-11-8;1-2/h4,10H,1,5H2,2-3H3,(H,9,11);1-2H3. The van der Waals surface area contributed by atoms with E-state index in [0.29, 0.717) is 6.67 Å². The minimum Gasteiger partial charge on any atom is -0.363 e. The lowest BCUT2D eigenvalue weighted by Crippen LogP contribution is -2.22. The maximum absolute atomic E-state index is 4.19. The summed E-state index contributed by atoms with van der Waals surface area (Å²) in [5, 5.41) is 6.13. The highest BCUT2D eigenvalue weighted by Gasteiger charge is 2.11. The molecule has 1 aliphatic rings. The Morgan fingerprint density at radius 3 is 2.62 bits per heavy atom. The van der Waals surface area contributed by atoms with Crippen LogP contribution in [0.3, 0.4) is 0 Å². The molecule has 1 aliphatic heterocycles. The zero-order valence-corrected chi connectivity index (χ0v) is 8.94. The van der Waals surface area contributed by atoms with Crippen molar-refractivity contribution in [3.63, 3.8) is 0 Å². The summed E-state index contributed by atoms with van der Waals surface area (Å²) in [7, 11) is 0. The summed E-state index contributed by atoms with van der Waals surface area (Å²) in [6.45, 7) is 12.3. The molecule has 1 rings (SSSR count). The van der Waals surface area contributed by atoms with E-state index in [0.717, 1.165) is 11.5 Å². The van der Waals surface area contributed by atoms with Gasteiger partial charge in [-0.15, -0.1) is 0 Å². The van der Waals surface area contributed by atoms with Gasteiger partial charge >= 0.3 is 0 Å². The van der Waals surface area contributed by atoms with Crippen molar-refractivity contribution in [3.05, 3.63) is 24.0 Å². The fraction of sp³-hybridized carbons (Fsp3) is 0.500. The van der Waals surface area contributed by atoms with Crippen LogP contribution >= 0.6 is 0 Å². The van der Waals surface area contributed by atoms with E-state index in [-0.39, 0.29) is 0 Å². The molecule has 0 saturated carbocycles. The van der Waals surface area contributed by atoms with Crippen molar-refractivity contribution in [2.45, 2.75) is 27.7 Å². The number of hydrogen-bond acceptors (Lipinski definition) is 3. The predicted molar refractivity (Wildman–Crippen MR) is 58.5 cm³/mol. The van der Waals surface area contributed by atoms with Gasteiger partial charge in [-0.2, -0.15) is 0 Å². The van der Waals surface area contributed by atoms with Crippen LogP contribution in [0.2, 0.25) is 0 Å². The molecule has 0 bridgehead atoms. The van der Waals surface area contributed by atoms with Crippen LogP contribution in [-0.4, -0.2) is 12.5 Å². The molecule has 1 heterocycles. The van der Waals surface area contributed by atoms with Gasteiger partial charge in [0.1, 0.15) is 12.5 Å². The van der Waals surface area contributed by atoms with Crippen molar-refractivity contribution in [3.8, 4) is 0 Å². The number of rotatable bonds is 1. The first-order chi connectivity index (χ1) is 6.25. The lowest BCUT2D eigenvalue weighted by Gasteiger charge is -2.04. The summed E-state index contributed by atoms with van der Waals surface area (Å²) < 4.78 is 0. The highest BCUT2D eigenvalue weighted by Crippen LogP contribution is 2.05. The number of hydrogen-bond donors (Lipinski definition) is 2. The Morgan fingerprint density at radius 2 is 2.15 bits per heavy atom. The first-order valence-electron chi connectivity index (χ1n) is 4.59. The van der Waals surface area contributed by atoms with Gasteiger partial charge in [-0.25, -0.2) is 4.99 Å². The molecular weight excluding hydrogens is 162 g/mol. The summed E-state index contributed by atoms with van der Waals surface area (Å²) in [4.78, 5) is 4.19. The SMILES string of the molecule is C=CNC1=NCNC1=C(C)C.CC. The van der Waals surface area contributed by atoms with Crippen LogP contribution in [0, 0.1) is 0 Å². The van der Waals surface area contributed by atoms with Crippen LogP contribution < -0.4 is 10.6 Å². The van der Waals surface area contributed by atoms with Gasteiger partial charge < -0.3 is 10.6 Å². The van der Waals surface area contributed by atoms with Gasteiger partial charge in [0.2, 0.25) is 0 Å². The first kappa shape index (κ1) is 11.8. The molecule has 0 amide bonds. The van der Waals surface area contributed by atoms with Crippen molar-refractivity contribution in [2.24, 2.45) is 4.99 Å². The maximum atomic E-state index is 4.19. The highest BCUT2D eigenvalue weighted by atomic mass is 15.2. The van der Waals surface area contributed by atoms with Gasteiger partial charge in [0.15, 0.2) is 0 Å². The Hall–Kier alpha value is -1.25. The van der Waals surface area contributed by atoms with Crippen LogP contribution in [0.4, 0.5) is 0 Å². The number of allylic oxidation sites excluding steroid dienone is 1. The van der Waals surface area contributed by atoms with Crippen LogP contribution in [0.15, 0.2) is 29.0 Å². The molecule has 13 heavy (non-hydrogen) atoms. The fourth-order valence-electron chi connectivity index (χ4n) is 0.988. The largest absolute Gasteiger partial charge is 0.363 e. The van der Waals surface area contributed by atoms with Crippen molar-refractivity contribution in [1.29, 1.82) is 0 Å². The molecule has 0 unspecified atom stereocenters. The second kappa shape index (κ2) is 6.29. The van der Waals surface area contributed by atoms with Crippen LogP contribution in [-0.2, 0) is 0 Å². The summed E-state index contributed by atoms with van der Waals surface area (Å²) in [6.07, 6.45) is 1.63. The number of nitrogens with zero attached hydrogens (tertiary/aromatic N) is 1. The van der Waals surface area contributed by atoms with E-state index in [1.165, 1.54) is 5.57 Å². The minimum absolute atomic E-state index is 0.663. The Labute approximate surface area is 80.6 Å². The molecule has 74 valence electrons. The molecule has 0 fully saturated rings. The molecule has 0 saturated heterocycles. The molecule has 0 aromatic carbocycles. The molecule has 3 heteroatoms. The summed E-state index contributed by atoms with van der Waals surface area (Å²) in [6, 6.07) is 0. The summed E-state index contributed by atoms with van der Waals surface area (Å²) in [5.74, 6) is 0.889. The monoisotopic (exact) mass is 181 g/mol. The van der Waals surface area contributed by atoms with Gasteiger partial charge in [0.25, 0.3) is 0 Å². The number of nitrogens with one attached hydrogen (secondary N) is 2. The smallest absolute Gasteiger partial charge is 0.150 e. The van der Waals surface area contributed by atoms with Crippen LogP contribution in [0.1, 0.15) is 27.7 Å². The van der Waals surface area contributed by atoms with E-state index in [2.05, 4.69) is 22.2 Å². The molecule has 0 aromatic rings. The third-order valence-electron chi connectivity index (χ3n) is 1.47. The van der Waals surface area contributed by atoms with Crippen LogP contribution in [0.25, 0.3) is 0 Å². The number of amidine groups is 1. The topological polar surface area (TPSA) is 36.4 Å². The minimum atomic E-state index is 0.663. The summed E-state index contributed by atoms with van der Waals surface area (Å²) in [5.41, 5.74) is 2.32. The average Bonchev–Trinajstić information content (AvgIpc) is 2.57. The normalized spacial score (nSPS) is 13.5. The van der Waals surface area contributed by atoms with Gasteiger partial charge in [0, 0.05) is 0 Å². The van der Waals surface area contributed by atoms with E-state index in [1.807, 2.05) is 27.7 Å². The van der Waals surface area contributed by atoms with Crippen molar-refractivity contribution in [2.75, 3.05) is 6.67 Å².